The van der Waals surface area contributed by atoms with Crippen LogP contribution in [0.4, 0.5) is 19.0 Å². The summed E-state index contributed by atoms with van der Waals surface area (Å²) in [4.78, 5) is 25.6. The molecule has 3 aliphatic heterocycles. The molecule has 5 heterocycles. The van der Waals surface area contributed by atoms with Crippen molar-refractivity contribution in [2.24, 2.45) is 17.8 Å². The van der Waals surface area contributed by atoms with Crippen LogP contribution in [0.1, 0.15) is 43.9 Å². The van der Waals surface area contributed by atoms with E-state index in [1.54, 1.807) is 6.07 Å². The number of alkyl halides is 3. The van der Waals surface area contributed by atoms with Crippen LogP contribution < -0.4 is 10.6 Å². The summed E-state index contributed by atoms with van der Waals surface area (Å²) in [5, 5.41) is 16.9. The number of allylic oxidation sites excluding steroid dienone is 1. The maximum absolute atomic E-state index is 12.9. The molecule has 2 saturated heterocycles. The van der Waals surface area contributed by atoms with Gasteiger partial charge in [0.2, 0.25) is 5.91 Å². The quantitative estimate of drug-likeness (QED) is 0.451. The lowest BCUT2D eigenvalue weighted by Crippen LogP contribution is -2.48. The van der Waals surface area contributed by atoms with E-state index >= 15 is 0 Å². The molecule has 2 aromatic heterocycles. The fourth-order valence-electron chi connectivity index (χ4n) is 7.32. The number of carbonyl (C=O) groups excluding carboxylic acids is 1. The standard InChI is InChI=1S/C30H38F3N7O2S/c1-18-19(2-3-26-24(18)10-21(13-34)40(26)9-6-22-14-35-27(41)16-42-22)15-39-7-4-20(5-8-39)38-28-25-11-23(12-30(31,32)33)43-29(25)37-17-36-28/h10-11,17-20,22,24,26H,2-9,12,14-16H2,1H3,(H,35,41)(H,36,37,38). The van der Waals surface area contributed by atoms with Gasteiger partial charge in [-0.05, 0) is 56.1 Å². The molecule has 1 saturated carbocycles. The zero-order valence-corrected chi connectivity index (χ0v) is 25.1. The number of ether oxygens (including phenoxy) is 1. The number of rotatable bonds is 8. The smallest absolute Gasteiger partial charge is 0.367 e. The molecule has 2 N–H and O–H groups in total. The van der Waals surface area contributed by atoms with Crippen LogP contribution in [-0.4, -0.2) is 89.4 Å². The van der Waals surface area contributed by atoms with Crippen LogP contribution >= 0.6 is 11.3 Å². The Morgan fingerprint density at radius 1 is 1.23 bits per heavy atom. The molecule has 5 unspecified atom stereocenters. The number of anilines is 1. The van der Waals surface area contributed by atoms with Gasteiger partial charge < -0.3 is 25.2 Å². The summed E-state index contributed by atoms with van der Waals surface area (Å²) in [6.07, 6.45) is 3.24. The first-order valence-electron chi connectivity index (χ1n) is 15.2. The van der Waals surface area contributed by atoms with Gasteiger partial charge in [-0.15, -0.1) is 11.3 Å². The predicted molar refractivity (Wildman–Crippen MR) is 157 cm³/mol. The minimum absolute atomic E-state index is 0.0136. The van der Waals surface area contributed by atoms with Crippen molar-refractivity contribution >= 4 is 33.3 Å². The van der Waals surface area contributed by atoms with Crippen molar-refractivity contribution in [2.75, 3.05) is 44.6 Å². The molecule has 2 aromatic rings. The van der Waals surface area contributed by atoms with Gasteiger partial charge >= 0.3 is 6.18 Å². The first kappa shape index (κ1) is 30.1. The minimum Gasteiger partial charge on any atom is -0.367 e. The van der Waals surface area contributed by atoms with Gasteiger partial charge in [0, 0.05) is 55.6 Å². The molecule has 0 radical (unpaired) electrons. The van der Waals surface area contributed by atoms with Gasteiger partial charge in [0.25, 0.3) is 0 Å². The monoisotopic (exact) mass is 617 g/mol. The summed E-state index contributed by atoms with van der Waals surface area (Å²) in [7, 11) is 0. The Morgan fingerprint density at radius 3 is 2.77 bits per heavy atom. The lowest BCUT2D eigenvalue weighted by Gasteiger charge is -2.44. The summed E-state index contributed by atoms with van der Waals surface area (Å²) in [5.41, 5.74) is 0.768. The van der Waals surface area contributed by atoms with Gasteiger partial charge in [0.05, 0.1) is 17.9 Å². The summed E-state index contributed by atoms with van der Waals surface area (Å²) >= 11 is 1.07. The zero-order valence-electron chi connectivity index (χ0n) is 24.3. The van der Waals surface area contributed by atoms with Gasteiger partial charge in [-0.2, -0.15) is 18.4 Å². The third-order valence-corrected chi connectivity index (χ3v) is 10.7. The SMILES string of the molecule is CC1C(CN2CCC(Nc3ncnc4sc(CC(F)(F)F)cc34)CC2)CCC2C1C=C(C#N)N2CCC1CNC(=O)CO1. The molecule has 1 aliphatic carbocycles. The summed E-state index contributed by atoms with van der Waals surface area (Å²) in [6.45, 7) is 6.66. The normalized spacial score (nSPS) is 28.8. The molecular formula is C30H38F3N7O2S. The van der Waals surface area contributed by atoms with Crippen LogP contribution in [0.2, 0.25) is 0 Å². The number of hydrogen-bond acceptors (Lipinski definition) is 9. The molecule has 5 atom stereocenters. The van der Waals surface area contributed by atoms with E-state index in [4.69, 9.17) is 4.74 Å². The summed E-state index contributed by atoms with van der Waals surface area (Å²) in [5.74, 6) is 1.91. The number of nitriles is 1. The van der Waals surface area contributed by atoms with Crippen LogP contribution in [-0.2, 0) is 16.0 Å². The number of halogens is 3. The number of morpholine rings is 1. The van der Waals surface area contributed by atoms with Crippen molar-refractivity contribution in [1.29, 1.82) is 5.26 Å². The fourth-order valence-corrected chi connectivity index (χ4v) is 8.35. The highest BCUT2D eigenvalue weighted by Crippen LogP contribution is 2.44. The topological polar surface area (TPSA) is 106 Å². The number of aromatic nitrogens is 2. The molecule has 43 heavy (non-hydrogen) atoms. The number of piperidine rings is 1. The number of hydrogen-bond donors (Lipinski definition) is 2. The molecular weight excluding hydrogens is 579 g/mol. The number of likely N-dealkylation sites (tertiary alicyclic amines) is 1. The Morgan fingerprint density at radius 2 is 2.05 bits per heavy atom. The van der Waals surface area contributed by atoms with Crippen LogP contribution in [0, 0.1) is 29.1 Å². The average Bonchev–Trinajstić information content (AvgIpc) is 3.55. The highest BCUT2D eigenvalue weighted by Gasteiger charge is 2.44. The number of nitrogens with zero attached hydrogens (tertiary/aromatic N) is 5. The molecule has 6 rings (SSSR count). The third kappa shape index (κ3) is 6.91. The zero-order chi connectivity index (χ0) is 30.1. The number of nitrogens with one attached hydrogen (secondary N) is 2. The molecule has 0 bridgehead atoms. The van der Waals surface area contributed by atoms with Crippen molar-refractivity contribution in [3.05, 3.63) is 29.0 Å². The van der Waals surface area contributed by atoms with Crippen LogP contribution in [0.15, 0.2) is 24.2 Å². The highest BCUT2D eigenvalue weighted by atomic mass is 32.1. The first-order chi connectivity index (χ1) is 20.7. The number of thiophene rings is 1. The molecule has 232 valence electrons. The second-order valence-corrected chi connectivity index (χ2v) is 13.5. The molecule has 0 spiro atoms. The number of carbonyl (C=O) groups is 1. The van der Waals surface area contributed by atoms with E-state index in [1.165, 1.54) is 6.33 Å². The van der Waals surface area contributed by atoms with E-state index in [0.29, 0.717) is 46.4 Å². The first-order valence-corrected chi connectivity index (χ1v) is 16.0. The van der Waals surface area contributed by atoms with Gasteiger partial charge in [0.15, 0.2) is 0 Å². The second kappa shape index (κ2) is 12.6. The van der Waals surface area contributed by atoms with Crippen molar-refractivity contribution in [3.8, 4) is 6.07 Å². The Hall–Kier alpha value is -2.95. The van der Waals surface area contributed by atoms with E-state index < -0.39 is 12.6 Å². The van der Waals surface area contributed by atoms with E-state index in [2.05, 4.69) is 49.5 Å². The molecule has 9 nitrogen and oxygen atoms in total. The number of amides is 1. The Balaban J connectivity index is 0.999. The van der Waals surface area contributed by atoms with Gasteiger partial charge in [-0.3, -0.25) is 4.79 Å². The average molecular weight is 618 g/mol. The second-order valence-electron chi connectivity index (χ2n) is 12.4. The Labute approximate surface area is 253 Å². The molecule has 13 heteroatoms. The van der Waals surface area contributed by atoms with Crippen molar-refractivity contribution < 1.29 is 22.7 Å². The summed E-state index contributed by atoms with van der Waals surface area (Å²) in [6, 6.07) is 4.55. The van der Waals surface area contributed by atoms with Crippen LogP contribution in [0.25, 0.3) is 10.2 Å². The van der Waals surface area contributed by atoms with Crippen molar-refractivity contribution in [2.45, 2.75) is 69.8 Å². The van der Waals surface area contributed by atoms with Gasteiger partial charge in [-0.25, -0.2) is 9.97 Å². The van der Waals surface area contributed by atoms with Gasteiger partial charge in [0.1, 0.15) is 35.3 Å². The van der Waals surface area contributed by atoms with E-state index in [0.717, 1.165) is 75.3 Å². The maximum atomic E-state index is 12.9. The molecule has 4 aliphatic rings. The molecule has 3 fully saturated rings. The van der Waals surface area contributed by atoms with E-state index in [-0.39, 0.29) is 29.5 Å². The highest BCUT2D eigenvalue weighted by molar-refractivity contribution is 7.18. The van der Waals surface area contributed by atoms with Crippen molar-refractivity contribution in [3.63, 3.8) is 0 Å². The largest absolute Gasteiger partial charge is 0.393 e. The van der Waals surface area contributed by atoms with Gasteiger partial charge in [-0.1, -0.05) is 6.92 Å². The fraction of sp³-hybridized carbons (Fsp3) is 0.667. The van der Waals surface area contributed by atoms with Crippen LogP contribution in [0.3, 0.4) is 0 Å². The lowest BCUT2D eigenvalue weighted by atomic mass is 9.70. The third-order valence-electron chi connectivity index (χ3n) is 9.65. The summed E-state index contributed by atoms with van der Waals surface area (Å²) < 4.78 is 44.4. The number of fused-ring (bicyclic) bond motifs is 2. The van der Waals surface area contributed by atoms with E-state index in [9.17, 15) is 23.2 Å². The predicted octanol–water partition coefficient (Wildman–Crippen LogP) is 4.33. The van der Waals surface area contributed by atoms with Crippen molar-refractivity contribution in [1.82, 2.24) is 25.1 Å². The Kier molecular flexibility index (Phi) is 8.80. The molecule has 1 amide bonds. The lowest BCUT2D eigenvalue weighted by molar-refractivity contribution is -0.133. The minimum atomic E-state index is -4.25. The maximum Gasteiger partial charge on any atom is 0.393 e. The van der Waals surface area contributed by atoms with Crippen LogP contribution in [0.5, 0.6) is 0 Å². The Bertz CT molecular complexity index is 1370. The van der Waals surface area contributed by atoms with E-state index in [1.807, 2.05) is 0 Å². The molecule has 0 aromatic carbocycles.